The zero-order chi connectivity index (χ0) is 22.7. The summed E-state index contributed by atoms with van der Waals surface area (Å²) in [6, 6.07) is 6.47. The number of amides is 1. The van der Waals surface area contributed by atoms with Crippen LogP contribution < -0.4 is 5.32 Å². The van der Waals surface area contributed by atoms with Gasteiger partial charge in [-0.15, -0.1) is 11.3 Å². The molecule has 4 atom stereocenters. The van der Waals surface area contributed by atoms with Gasteiger partial charge in [0, 0.05) is 24.9 Å². The van der Waals surface area contributed by atoms with Gasteiger partial charge >= 0.3 is 5.97 Å². The van der Waals surface area contributed by atoms with Gasteiger partial charge in [-0.1, -0.05) is 12.2 Å². The normalized spacial score (nSPS) is 24.9. The number of carboxylic acids is 1. The van der Waals surface area contributed by atoms with E-state index in [9.17, 15) is 18.0 Å². The molecule has 2 aromatic heterocycles. The Labute approximate surface area is 192 Å². The molecule has 9 heteroatoms. The number of unbranched alkanes of at least 4 members (excludes halogenated alkanes) is 1. The smallest absolute Gasteiger partial charge is 0.303 e. The molecule has 2 N–H and O–H groups in total. The number of allylic oxidation sites excluding steroid dienone is 2. The Bertz CT molecular complexity index is 1090. The van der Waals surface area contributed by atoms with Crippen molar-refractivity contribution in [2.45, 2.75) is 55.2 Å². The van der Waals surface area contributed by atoms with Crippen molar-refractivity contribution in [3.63, 3.8) is 0 Å². The first-order valence-corrected chi connectivity index (χ1v) is 13.3. The second-order valence-corrected chi connectivity index (χ2v) is 11.8. The predicted molar refractivity (Wildman–Crippen MR) is 122 cm³/mol. The minimum absolute atomic E-state index is 0.0940. The first-order valence-electron chi connectivity index (χ1n) is 11.0. The third-order valence-electron chi connectivity index (χ3n) is 6.64. The third kappa shape index (κ3) is 4.83. The number of carbonyl (C=O) groups is 2. The van der Waals surface area contributed by atoms with E-state index in [4.69, 9.17) is 5.11 Å². The minimum Gasteiger partial charge on any atom is -0.481 e. The summed E-state index contributed by atoms with van der Waals surface area (Å²) in [6.07, 6.45) is 13.0. The van der Waals surface area contributed by atoms with Crippen LogP contribution in [0.2, 0.25) is 0 Å². The first kappa shape index (κ1) is 22.8. The number of rotatable bonds is 10. The lowest BCUT2D eigenvalue weighted by molar-refractivity contribution is -0.137. The number of aliphatic carboxylic acids is 1. The molecule has 4 rings (SSSR count). The minimum atomic E-state index is -3.67. The molecule has 2 saturated carbocycles. The molecule has 1 amide bonds. The molecule has 0 spiro atoms. The largest absolute Gasteiger partial charge is 0.481 e. The van der Waals surface area contributed by atoms with Crippen molar-refractivity contribution in [3.05, 3.63) is 53.7 Å². The van der Waals surface area contributed by atoms with Crippen LogP contribution in [0.4, 0.5) is 0 Å². The number of hydrogen-bond donors (Lipinski definition) is 2. The number of thiophene rings is 1. The van der Waals surface area contributed by atoms with Crippen LogP contribution in [0, 0.1) is 17.8 Å². The fraction of sp³-hybridized carbons (Fsp3) is 0.478. The highest BCUT2D eigenvalue weighted by Gasteiger charge is 2.47. The second-order valence-electron chi connectivity index (χ2n) is 8.63. The first-order chi connectivity index (χ1) is 15.4. The molecule has 0 aromatic carbocycles. The van der Waals surface area contributed by atoms with Gasteiger partial charge in [0.15, 0.2) is 0 Å². The Hall–Kier alpha value is -2.39. The third-order valence-corrected chi connectivity index (χ3v) is 9.84. The molecule has 4 unspecified atom stereocenters. The molecule has 2 fully saturated rings. The van der Waals surface area contributed by atoms with Crippen LogP contribution in [0.5, 0.6) is 0 Å². The van der Waals surface area contributed by atoms with Gasteiger partial charge in [0.1, 0.15) is 4.21 Å². The number of nitrogens with zero attached hydrogens (tertiary/aromatic N) is 1. The Kier molecular flexibility index (Phi) is 6.85. The molecule has 2 heterocycles. The zero-order valence-electron chi connectivity index (χ0n) is 17.7. The predicted octanol–water partition coefficient (Wildman–Crippen LogP) is 4.13. The number of carbonyl (C=O) groups excluding carboxylic acids is 1. The van der Waals surface area contributed by atoms with E-state index < -0.39 is 16.0 Å². The number of aromatic nitrogens is 1. The molecule has 2 bridgehead atoms. The van der Waals surface area contributed by atoms with E-state index in [1.807, 2.05) is 6.08 Å². The average Bonchev–Trinajstić information content (AvgIpc) is 3.55. The molecule has 0 saturated heterocycles. The molecule has 0 radical (unpaired) electrons. The Morgan fingerprint density at radius 3 is 2.66 bits per heavy atom. The van der Waals surface area contributed by atoms with Gasteiger partial charge in [-0.2, -0.15) is 8.42 Å². The number of nitrogens with one attached hydrogen (secondary N) is 1. The maximum atomic E-state index is 13.0. The molecule has 7 nitrogen and oxygen atoms in total. The second kappa shape index (κ2) is 9.62. The van der Waals surface area contributed by atoms with Crippen molar-refractivity contribution in [2.75, 3.05) is 0 Å². The van der Waals surface area contributed by atoms with Gasteiger partial charge in [-0.05, 0) is 80.5 Å². The summed E-state index contributed by atoms with van der Waals surface area (Å²) in [4.78, 5) is 24.0. The van der Waals surface area contributed by atoms with Crippen molar-refractivity contribution in [3.8, 4) is 0 Å². The lowest BCUT2D eigenvalue weighted by Crippen LogP contribution is -2.43. The Morgan fingerprint density at radius 1 is 1.16 bits per heavy atom. The van der Waals surface area contributed by atoms with Crippen LogP contribution in [0.1, 0.15) is 54.6 Å². The molecule has 2 aliphatic carbocycles. The van der Waals surface area contributed by atoms with Crippen LogP contribution in [-0.2, 0) is 14.8 Å². The van der Waals surface area contributed by atoms with Gasteiger partial charge < -0.3 is 10.4 Å². The van der Waals surface area contributed by atoms with E-state index in [2.05, 4.69) is 11.4 Å². The van der Waals surface area contributed by atoms with Gasteiger partial charge in [-0.25, -0.2) is 3.97 Å². The lowest BCUT2D eigenvalue weighted by Gasteiger charge is -2.31. The molecular weight excluding hydrogens is 448 g/mol. The van der Waals surface area contributed by atoms with Crippen molar-refractivity contribution in [1.29, 1.82) is 0 Å². The number of hydrogen-bond acceptors (Lipinski definition) is 5. The Morgan fingerprint density at radius 2 is 1.91 bits per heavy atom. The molecule has 2 aliphatic rings. The monoisotopic (exact) mass is 476 g/mol. The fourth-order valence-corrected chi connectivity index (χ4v) is 7.60. The summed E-state index contributed by atoms with van der Waals surface area (Å²) in [7, 11) is -3.67. The van der Waals surface area contributed by atoms with Gasteiger partial charge in [0.25, 0.3) is 15.9 Å². The topological polar surface area (TPSA) is 105 Å². The fourth-order valence-electron chi connectivity index (χ4n) is 5.10. The summed E-state index contributed by atoms with van der Waals surface area (Å²) in [6.45, 7) is 0. The van der Waals surface area contributed by atoms with Crippen molar-refractivity contribution < 1.29 is 23.1 Å². The van der Waals surface area contributed by atoms with E-state index in [1.54, 1.807) is 18.2 Å². The summed E-state index contributed by atoms with van der Waals surface area (Å²) in [5.41, 5.74) is 0. The molecular formula is C23H28N2O5S2. The van der Waals surface area contributed by atoms with E-state index in [1.165, 1.54) is 24.9 Å². The molecule has 32 heavy (non-hydrogen) atoms. The molecule has 172 valence electrons. The van der Waals surface area contributed by atoms with Crippen LogP contribution in [0.3, 0.4) is 0 Å². The zero-order valence-corrected chi connectivity index (χ0v) is 19.4. The maximum absolute atomic E-state index is 13.0. The van der Waals surface area contributed by atoms with Crippen molar-refractivity contribution >= 4 is 33.2 Å². The summed E-state index contributed by atoms with van der Waals surface area (Å²) >= 11 is 0.997. The van der Waals surface area contributed by atoms with Crippen LogP contribution in [0.15, 0.2) is 53.0 Å². The van der Waals surface area contributed by atoms with E-state index in [0.717, 1.165) is 41.0 Å². The van der Waals surface area contributed by atoms with Crippen LogP contribution >= 0.6 is 11.3 Å². The quantitative estimate of drug-likeness (QED) is 0.396. The highest BCUT2D eigenvalue weighted by atomic mass is 32.2. The van der Waals surface area contributed by atoms with Crippen LogP contribution in [-0.4, -0.2) is 35.4 Å². The summed E-state index contributed by atoms with van der Waals surface area (Å²) in [5, 5.41) is 11.9. The van der Waals surface area contributed by atoms with E-state index in [0.29, 0.717) is 29.1 Å². The highest BCUT2D eigenvalue weighted by molar-refractivity contribution is 7.92. The summed E-state index contributed by atoms with van der Waals surface area (Å²) in [5.74, 6) is 0.458. The lowest BCUT2D eigenvalue weighted by atomic mass is 9.82. The Balaban J connectivity index is 1.38. The van der Waals surface area contributed by atoms with Crippen molar-refractivity contribution in [2.24, 2.45) is 17.8 Å². The number of carboxylic acid groups (broad SMARTS) is 1. The van der Waals surface area contributed by atoms with Crippen molar-refractivity contribution in [1.82, 2.24) is 9.29 Å². The van der Waals surface area contributed by atoms with E-state index >= 15 is 0 Å². The maximum Gasteiger partial charge on any atom is 0.303 e. The van der Waals surface area contributed by atoms with E-state index in [-0.39, 0.29) is 22.6 Å². The molecule has 2 aromatic rings. The standard InChI is InChI=1S/C23H28N2O5S2/c26-20(27)8-4-2-1-3-7-18-16-9-10-17(15-16)22(18)24-23(28)19-11-12-21(31-19)32(29,30)25-13-5-6-14-25/h1,3,5-6,11-14,16-18,22H,2,4,7-10,15H2,(H,24,28)(H,26,27). The SMILES string of the molecule is O=C(O)CCCC=CCC1C2CCC(C2)C1NC(=O)c1ccc(S(=O)(=O)n2cccc2)s1. The molecule has 0 aliphatic heterocycles. The number of fused-ring (bicyclic) bond motifs is 2. The summed E-state index contributed by atoms with van der Waals surface area (Å²) < 4.78 is 26.6. The van der Waals surface area contributed by atoms with Gasteiger partial charge in [0.2, 0.25) is 0 Å². The van der Waals surface area contributed by atoms with Gasteiger partial charge in [-0.3, -0.25) is 9.59 Å². The van der Waals surface area contributed by atoms with Crippen LogP contribution in [0.25, 0.3) is 0 Å². The highest BCUT2D eigenvalue weighted by Crippen LogP contribution is 2.50. The van der Waals surface area contributed by atoms with Gasteiger partial charge in [0.05, 0.1) is 4.88 Å². The average molecular weight is 477 g/mol.